The number of aromatic nitrogens is 2. The molecule has 0 spiro atoms. The molecule has 3 nitrogen and oxygen atoms in total. The quantitative estimate of drug-likeness (QED) is 0.470. The molecule has 4 aromatic rings. The summed E-state index contributed by atoms with van der Waals surface area (Å²) in [5.74, 6) is 0.703. The zero-order chi connectivity index (χ0) is 18.6. The molecule has 0 aliphatic heterocycles. The highest BCUT2D eigenvalue weighted by Crippen LogP contribution is 2.24. The van der Waals surface area contributed by atoms with E-state index in [-0.39, 0.29) is 5.56 Å². The second-order valence-electron chi connectivity index (χ2n) is 6.33. The Kier molecular flexibility index (Phi) is 4.67. The van der Waals surface area contributed by atoms with E-state index in [0.29, 0.717) is 17.8 Å². The minimum atomic E-state index is -0.0000537. The predicted octanol–water partition coefficient (Wildman–Crippen LogP) is 5.25. The number of hydrogen-bond acceptors (Lipinski definition) is 2. The molecular weight excluding hydrogens is 332 g/mol. The van der Waals surface area contributed by atoms with Crippen LogP contribution in [0.25, 0.3) is 34.4 Å². The summed E-state index contributed by atoms with van der Waals surface area (Å²) in [5.41, 5.74) is 3.84. The number of rotatable bonds is 4. The van der Waals surface area contributed by atoms with Crippen LogP contribution >= 0.6 is 0 Å². The summed E-state index contributed by atoms with van der Waals surface area (Å²) >= 11 is 0. The summed E-state index contributed by atoms with van der Waals surface area (Å²) < 4.78 is 1.75. The molecule has 132 valence electrons. The van der Waals surface area contributed by atoms with Gasteiger partial charge in [0.25, 0.3) is 5.56 Å². The highest BCUT2D eigenvalue weighted by molar-refractivity contribution is 5.83. The van der Waals surface area contributed by atoms with Gasteiger partial charge in [0, 0.05) is 12.1 Å². The lowest BCUT2D eigenvalue weighted by atomic mass is 10.0. The maximum atomic E-state index is 12.9. The lowest BCUT2D eigenvalue weighted by Crippen LogP contribution is -2.22. The van der Waals surface area contributed by atoms with Gasteiger partial charge in [0.15, 0.2) is 0 Å². The number of para-hydroxylation sites is 1. The molecule has 4 rings (SSSR count). The summed E-state index contributed by atoms with van der Waals surface area (Å²) in [7, 11) is 0. The maximum Gasteiger partial charge on any atom is 0.261 e. The maximum absolute atomic E-state index is 12.9. The first-order chi connectivity index (χ1) is 13.3. The van der Waals surface area contributed by atoms with Crippen LogP contribution in [0.2, 0.25) is 0 Å². The molecule has 3 heteroatoms. The number of hydrogen-bond donors (Lipinski definition) is 0. The molecule has 3 aromatic carbocycles. The van der Waals surface area contributed by atoms with E-state index in [4.69, 9.17) is 4.98 Å². The molecule has 0 fully saturated rings. The SMILES string of the molecule is CCn1c(-c2ccccc2/C=C/c2ccccc2)nc2ccccc2c1=O. The summed E-state index contributed by atoms with van der Waals surface area (Å²) in [6, 6.07) is 25.7. The van der Waals surface area contributed by atoms with Gasteiger partial charge in [-0.2, -0.15) is 0 Å². The molecule has 0 atom stereocenters. The first-order valence-electron chi connectivity index (χ1n) is 9.10. The van der Waals surface area contributed by atoms with Crippen molar-refractivity contribution >= 4 is 23.1 Å². The molecule has 27 heavy (non-hydrogen) atoms. The second kappa shape index (κ2) is 7.42. The molecule has 0 aliphatic rings. The van der Waals surface area contributed by atoms with Crippen molar-refractivity contribution < 1.29 is 0 Å². The number of benzene rings is 3. The van der Waals surface area contributed by atoms with E-state index < -0.39 is 0 Å². The fourth-order valence-electron chi connectivity index (χ4n) is 3.26. The Morgan fingerprint density at radius 2 is 1.56 bits per heavy atom. The van der Waals surface area contributed by atoms with E-state index in [2.05, 4.69) is 30.4 Å². The van der Waals surface area contributed by atoms with Crippen molar-refractivity contribution in [2.75, 3.05) is 0 Å². The predicted molar refractivity (Wildman–Crippen MR) is 112 cm³/mol. The van der Waals surface area contributed by atoms with Crippen LogP contribution in [0.1, 0.15) is 18.1 Å². The van der Waals surface area contributed by atoms with Crippen LogP contribution in [0, 0.1) is 0 Å². The van der Waals surface area contributed by atoms with Crippen LogP contribution in [0.4, 0.5) is 0 Å². The van der Waals surface area contributed by atoms with Gasteiger partial charge in [0.05, 0.1) is 10.9 Å². The zero-order valence-electron chi connectivity index (χ0n) is 15.2. The molecule has 0 radical (unpaired) electrons. The van der Waals surface area contributed by atoms with E-state index in [1.165, 1.54) is 0 Å². The van der Waals surface area contributed by atoms with Crippen molar-refractivity contribution in [2.45, 2.75) is 13.5 Å². The minimum Gasteiger partial charge on any atom is -0.292 e. The van der Waals surface area contributed by atoms with Gasteiger partial charge in [-0.3, -0.25) is 9.36 Å². The van der Waals surface area contributed by atoms with Crippen LogP contribution in [-0.4, -0.2) is 9.55 Å². The number of fused-ring (bicyclic) bond motifs is 1. The van der Waals surface area contributed by atoms with Crippen LogP contribution in [0.5, 0.6) is 0 Å². The van der Waals surface area contributed by atoms with E-state index in [1.54, 1.807) is 4.57 Å². The normalized spacial score (nSPS) is 11.3. The Morgan fingerprint density at radius 3 is 2.37 bits per heavy atom. The Bertz CT molecular complexity index is 1170. The molecule has 0 aliphatic carbocycles. The fraction of sp³-hybridized carbons (Fsp3) is 0.0833. The highest BCUT2D eigenvalue weighted by atomic mass is 16.1. The third-order valence-corrected chi connectivity index (χ3v) is 4.63. The van der Waals surface area contributed by atoms with Crippen LogP contribution in [0.3, 0.4) is 0 Å². The largest absolute Gasteiger partial charge is 0.292 e. The minimum absolute atomic E-state index is 0.0000537. The van der Waals surface area contributed by atoms with Gasteiger partial charge in [-0.15, -0.1) is 0 Å². The van der Waals surface area contributed by atoms with E-state index in [9.17, 15) is 4.79 Å². The first kappa shape index (κ1) is 17.0. The van der Waals surface area contributed by atoms with E-state index in [1.807, 2.05) is 67.6 Å². The van der Waals surface area contributed by atoms with Gasteiger partial charge in [-0.25, -0.2) is 4.98 Å². The molecule has 0 saturated carbocycles. The summed E-state index contributed by atoms with van der Waals surface area (Å²) in [6.45, 7) is 2.55. The lowest BCUT2D eigenvalue weighted by molar-refractivity contribution is 0.728. The average Bonchev–Trinajstić information content (AvgIpc) is 2.73. The van der Waals surface area contributed by atoms with Crippen molar-refractivity contribution in [3.05, 3.63) is 100 Å². The zero-order valence-corrected chi connectivity index (χ0v) is 15.2. The molecule has 0 N–H and O–H groups in total. The van der Waals surface area contributed by atoms with Gasteiger partial charge in [0.2, 0.25) is 0 Å². The third kappa shape index (κ3) is 3.32. The molecule has 0 saturated heterocycles. The second-order valence-corrected chi connectivity index (χ2v) is 6.33. The first-order valence-corrected chi connectivity index (χ1v) is 9.10. The number of nitrogens with zero attached hydrogens (tertiary/aromatic N) is 2. The average molecular weight is 352 g/mol. The Morgan fingerprint density at radius 1 is 0.852 bits per heavy atom. The van der Waals surface area contributed by atoms with Crippen molar-refractivity contribution in [1.82, 2.24) is 9.55 Å². The monoisotopic (exact) mass is 352 g/mol. The van der Waals surface area contributed by atoms with Crippen molar-refractivity contribution in [3.63, 3.8) is 0 Å². The van der Waals surface area contributed by atoms with Crippen molar-refractivity contribution in [3.8, 4) is 11.4 Å². The Labute approximate surface area is 158 Å². The Hall–Kier alpha value is -3.46. The third-order valence-electron chi connectivity index (χ3n) is 4.63. The van der Waals surface area contributed by atoms with Gasteiger partial charge in [-0.05, 0) is 30.2 Å². The van der Waals surface area contributed by atoms with Crippen molar-refractivity contribution in [1.29, 1.82) is 0 Å². The smallest absolute Gasteiger partial charge is 0.261 e. The molecule has 0 unspecified atom stereocenters. The standard InChI is InChI=1S/C24H20N2O/c1-2-26-23(25-22-15-9-8-14-21(22)24(26)27)20-13-7-6-12-19(20)17-16-18-10-4-3-5-11-18/h3-17H,2H2,1H3/b17-16+. The molecule has 1 aromatic heterocycles. The van der Waals surface area contributed by atoms with Crippen LogP contribution in [0.15, 0.2) is 83.7 Å². The highest BCUT2D eigenvalue weighted by Gasteiger charge is 2.13. The van der Waals surface area contributed by atoms with Gasteiger partial charge >= 0.3 is 0 Å². The fourth-order valence-corrected chi connectivity index (χ4v) is 3.26. The summed E-state index contributed by atoms with van der Waals surface area (Å²) in [6.07, 6.45) is 4.15. The van der Waals surface area contributed by atoms with Gasteiger partial charge < -0.3 is 0 Å². The molecular formula is C24H20N2O. The lowest BCUT2D eigenvalue weighted by Gasteiger charge is -2.13. The summed E-state index contributed by atoms with van der Waals surface area (Å²) in [5, 5.41) is 0.653. The molecule has 0 amide bonds. The van der Waals surface area contributed by atoms with Crippen molar-refractivity contribution in [2.24, 2.45) is 0 Å². The van der Waals surface area contributed by atoms with Crippen LogP contribution < -0.4 is 5.56 Å². The Balaban J connectivity index is 1.90. The molecule has 1 heterocycles. The topological polar surface area (TPSA) is 34.9 Å². The van der Waals surface area contributed by atoms with Gasteiger partial charge in [-0.1, -0.05) is 78.9 Å². The van der Waals surface area contributed by atoms with Crippen LogP contribution in [-0.2, 0) is 6.54 Å². The van der Waals surface area contributed by atoms with Gasteiger partial charge in [0.1, 0.15) is 5.82 Å². The van der Waals surface area contributed by atoms with E-state index >= 15 is 0 Å². The summed E-state index contributed by atoms with van der Waals surface area (Å²) in [4.78, 5) is 17.8. The molecule has 0 bridgehead atoms. The van der Waals surface area contributed by atoms with E-state index in [0.717, 1.165) is 22.2 Å².